The minimum atomic E-state index is 0.604. The summed E-state index contributed by atoms with van der Waals surface area (Å²) >= 11 is 1.79. The van der Waals surface area contributed by atoms with Crippen molar-refractivity contribution in [2.45, 2.75) is 0 Å². The van der Waals surface area contributed by atoms with Gasteiger partial charge >= 0.3 is 0 Å². The van der Waals surface area contributed by atoms with Crippen molar-refractivity contribution >= 4 is 85.9 Å². The maximum absolute atomic E-state index is 6.78. The maximum atomic E-state index is 6.78. The lowest BCUT2D eigenvalue weighted by Gasteiger charge is -2.11. The Morgan fingerprint density at radius 3 is 1.95 bits per heavy atom. The zero-order valence-electron chi connectivity index (χ0n) is 29.8. The number of thiophene rings is 1. The molecule has 4 heterocycles. The van der Waals surface area contributed by atoms with Gasteiger partial charge in [0.25, 0.3) is 0 Å². The summed E-state index contributed by atoms with van der Waals surface area (Å²) < 4.78 is 9.24. The molecule has 4 aromatic heterocycles. The van der Waals surface area contributed by atoms with Crippen LogP contribution in [-0.4, -0.2) is 19.9 Å². The predicted molar refractivity (Wildman–Crippen MR) is 232 cm³/mol. The van der Waals surface area contributed by atoms with Crippen LogP contribution in [0.15, 0.2) is 174 Å². The predicted octanol–water partition coefficient (Wildman–Crippen LogP) is 13.7. The smallest absolute Gasteiger partial charge is 0.164 e. The molecule has 12 rings (SSSR count). The number of aromatic nitrogens is 4. The van der Waals surface area contributed by atoms with Crippen molar-refractivity contribution in [3.05, 3.63) is 170 Å². The van der Waals surface area contributed by atoms with Crippen LogP contribution in [0.2, 0.25) is 0 Å². The average molecular weight is 733 g/mol. The lowest BCUT2D eigenvalue weighted by atomic mass is 9.97. The number of para-hydroxylation sites is 1. The molecule has 0 N–H and O–H groups in total. The molecule has 5 nitrogen and oxygen atoms in total. The second-order valence-corrected chi connectivity index (χ2v) is 15.2. The Morgan fingerprint density at radius 1 is 0.393 bits per heavy atom. The number of furan rings is 1. The minimum Gasteiger partial charge on any atom is -0.455 e. The molecule has 260 valence electrons. The molecule has 0 bridgehead atoms. The van der Waals surface area contributed by atoms with Crippen molar-refractivity contribution in [2.75, 3.05) is 0 Å². The first-order valence-corrected chi connectivity index (χ1v) is 19.4. The molecule has 0 spiro atoms. The van der Waals surface area contributed by atoms with Crippen LogP contribution in [0, 0.1) is 0 Å². The lowest BCUT2D eigenvalue weighted by Crippen LogP contribution is -2.00. The van der Waals surface area contributed by atoms with E-state index in [0.29, 0.717) is 17.5 Å². The van der Waals surface area contributed by atoms with Crippen molar-refractivity contribution in [1.82, 2.24) is 19.9 Å². The van der Waals surface area contributed by atoms with E-state index >= 15 is 0 Å². The quantitative estimate of drug-likeness (QED) is 0.169. The van der Waals surface area contributed by atoms with Gasteiger partial charge in [0.05, 0.1) is 11.2 Å². The summed E-state index contributed by atoms with van der Waals surface area (Å²) in [6.45, 7) is 0. The number of benzene rings is 8. The van der Waals surface area contributed by atoms with E-state index in [1.807, 2.05) is 18.2 Å². The Labute approximate surface area is 324 Å². The van der Waals surface area contributed by atoms with Gasteiger partial charge < -0.3 is 4.42 Å². The molecule has 0 radical (unpaired) electrons. The normalized spacial score (nSPS) is 11.9. The highest BCUT2D eigenvalue weighted by molar-refractivity contribution is 7.25. The summed E-state index contributed by atoms with van der Waals surface area (Å²) in [5.74, 6) is 1.87. The van der Waals surface area contributed by atoms with Crippen LogP contribution in [0.1, 0.15) is 0 Å². The first-order chi connectivity index (χ1) is 27.7. The third-order valence-electron chi connectivity index (χ3n) is 10.9. The summed E-state index contributed by atoms with van der Waals surface area (Å²) in [7, 11) is 0. The van der Waals surface area contributed by atoms with Crippen LogP contribution in [-0.2, 0) is 0 Å². The molecule has 8 aromatic carbocycles. The second-order valence-electron chi connectivity index (χ2n) is 14.2. The summed E-state index contributed by atoms with van der Waals surface area (Å²) in [5.41, 5.74) is 7.39. The number of rotatable bonds is 4. The number of hydrogen-bond donors (Lipinski definition) is 0. The summed E-state index contributed by atoms with van der Waals surface area (Å²) in [6, 6.07) is 59.1. The Balaban J connectivity index is 1.08. The Kier molecular flexibility index (Phi) is 6.73. The first kappa shape index (κ1) is 31.1. The zero-order valence-corrected chi connectivity index (χ0v) is 30.6. The van der Waals surface area contributed by atoms with Crippen molar-refractivity contribution < 1.29 is 4.42 Å². The maximum Gasteiger partial charge on any atom is 0.164 e. The number of nitrogens with zero attached hydrogens (tertiary/aromatic N) is 4. The topological polar surface area (TPSA) is 64.7 Å². The fourth-order valence-corrected chi connectivity index (χ4v) is 9.41. The molecular formula is C50H28N4OS. The molecule has 0 fully saturated rings. The zero-order chi connectivity index (χ0) is 36.7. The molecule has 0 aliphatic carbocycles. The van der Waals surface area contributed by atoms with Crippen LogP contribution < -0.4 is 0 Å². The van der Waals surface area contributed by atoms with Crippen LogP contribution in [0.3, 0.4) is 0 Å². The molecule has 56 heavy (non-hydrogen) atoms. The fourth-order valence-electron chi connectivity index (χ4n) is 8.26. The van der Waals surface area contributed by atoms with Gasteiger partial charge in [-0.25, -0.2) is 19.9 Å². The molecule has 0 amide bonds. The minimum absolute atomic E-state index is 0.604. The molecule has 0 aliphatic rings. The molecular weight excluding hydrogens is 705 g/mol. The van der Waals surface area contributed by atoms with Gasteiger partial charge in [-0.3, -0.25) is 0 Å². The largest absolute Gasteiger partial charge is 0.455 e. The molecule has 12 aromatic rings. The summed E-state index contributed by atoms with van der Waals surface area (Å²) in [6.07, 6.45) is 0. The van der Waals surface area contributed by atoms with Crippen molar-refractivity contribution in [3.8, 4) is 45.4 Å². The average Bonchev–Trinajstić information content (AvgIpc) is 3.83. The molecule has 0 saturated carbocycles. The van der Waals surface area contributed by atoms with E-state index in [-0.39, 0.29) is 0 Å². The van der Waals surface area contributed by atoms with Gasteiger partial charge in [0, 0.05) is 69.4 Å². The Bertz CT molecular complexity index is 3550. The summed E-state index contributed by atoms with van der Waals surface area (Å²) in [4.78, 5) is 20.7. The van der Waals surface area contributed by atoms with E-state index in [9.17, 15) is 0 Å². The van der Waals surface area contributed by atoms with Crippen molar-refractivity contribution in [1.29, 1.82) is 0 Å². The fraction of sp³-hybridized carbons (Fsp3) is 0. The van der Waals surface area contributed by atoms with Gasteiger partial charge in [-0.15, -0.1) is 11.3 Å². The van der Waals surface area contributed by atoms with Gasteiger partial charge in [-0.1, -0.05) is 127 Å². The Morgan fingerprint density at radius 2 is 1.05 bits per heavy atom. The van der Waals surface area contributed by atoms with Gasteiger partial charge in [0.2, 0.25) is 0 Å². The lowest BCUT2D eigenvalue weighted by molar-refractivity contribution is 0.673. The highest BCUT2D eigenvalue weighted by Crippen LogP contribution is 2.42. The number of fused-ring (bicyclic) bond motifs is 11. The van der Waals surface area contributed by atoms with E-state index in [1.165, 1.54) is 20.2 Å². The van der Waals surface area contributed by atoms with Crippen LogP contribution in [0.25, 0.3) is 120 Å². The molecule has 0 aliphatic heterocycles. The summed E-state index contributed by atoms with van der Waals surface area (Å²) in [5, 5.41) is 9.94. The van der Waals surface area contributed by atoms with Gasteiger partial charge in [0.1, 0.15) is 11.2 Å². The van der Waals surface area contributed by atoms with E-state index < -0.39 is 0 Å². The van der Waals surface area contributed by atoms with Crippen molar-refractivity contribution in [2.24, 2.45) is 0 Å². The van der Waals surface area contributed by atoms with Crippen LogP contribution >= 0.6 is 11.3 Å². The monoisotopic (exact) mass is 732 g/mol. The van der Waals surface area contributed by atoms with E-state index in [4.69, 9.17) is 24.4 Å². The highest BCUT2D eigenvalue weighted by Gasteiger charge is 2.20. The van der Waals surface area contributed by atoms with Gasteiger partial charge in [0.15, 0.2) is 17.5 Å². The molecule has 6 heteroatoms. The highest BCUT2D eigenvalue weighted by atomic mass is 32.1. The third kappa shape index (κ3) is 4.79. The number of pyridine rings is 1. The first-order valence-electron chi connectivity index (χ1n) is 18.6. The number of hydrogen-bond acceptors (Lipinski definition) is 6. The van der Waals surface area contributed by atoms with E-state index in [2.05, 4.69) is 152 Å². The van der Waals surface area contributed by atoms with Gasteiger partial charge in [-0.05, 0) is 53.2 Å². The van der Waals surface area contributed by atoms with Crippen LogP contribution in [0.4, 0.5) is 0 Å². The van der Waals surface area contributed by atoms with Crippen LogP contribution in [0.5, 0.6) is 0 Å². The van der Waals surface area contributed by atoms with Crippen molar-refractivity contribution in [3.63, 3.8) is 0 Å². The Hall–Kier alpha value is -7.28. The third-order valence-corrected chi connectivity index (χ3v) is 12.0. The molecule has 0 unspecified atom stereocenters. The van der Waals surface area contributed by atoms with Gasteiger partial charge in [-0.2, -0.15) is 0 Å². The van der Waals surface area contributed by atoms with E-state index in [1.54, 1.807) is 11.3 Å². The van der Waals surface area contributed by atoms with E-state index in [0.717, 1.165) is 82.3 Å². The molecule has 0 saturated heterocycles. The second kappa shape index (κ2) is 12.1. The molecule has 0 atom stereocenters. The standard InChI is InChI=1S/C50H28N4OS/c1-2-12-30(13-3-1)46-39-25-24-36-40-27-31(22-26-42(40)55-47(36)45(39)38-17-6-8-19-41(38)51-46)48-52-49(32-21-23-35-34-16-7-9-20-43(34)56-44(35)28-32)54-50(53-48)37-18-10-14-29-11-4-5-15-33(29)37/h1-28H. The SMILES string of the molecule is c1ccc(-c2nc3ccccc3c3c2ccc2c4cc(-c5nc(-c6ccc7c(c6)sc6ccccc67)nc(-c6cccc7ccccc67)n5)ccc4oc23)cc1.